The third kappa shape index (κ3) is 7.79. The monoisotopic (exact) mass is 534 g/mol. The fourth-order valence-corrected chi connectivity index (χ4v) is 4.68. The highest BCUT2D eigenvalue weighted by Gasteiger charge is 2.17. The lowest BCUT2D eigenvalue weighted by molar-refractivity contribution is 0.0933. The van der Waals surface area contributed by atoms with Crippen molar-refractivity contribution in [2.45, 2.75) is 6.54 Å². The van der Waals surface area contributed by atoms with Crippen LogP contribution in [0.1, 0.15) is 26.3 Å². The second-order valence-corrected chi connectivity index (χ2v) is 9.83. The molecule has 0 bridgehead atoms. The molecule has 7 nitrogen and oxygen atoms in total. The van der Waals surface area contributed by atoms with Crippen molar-refractivity contribution in [2.75, 3.05) is 44.6 Å². The largest absolute Gasteiger partial charge is 0.457 e. The second kappa shape index (κ2) is 13.6. The smallest absolute Gasteiger partial charge is 0.255 e. The first-order valence-corrected chi connectivity index (χ1v) is 13.6. The summed E-state index contributed by atoms with van der Waals surface area (Å²) in [6, 6.07) is 33.9. The highest BCUT2D eigenvalue weighted by Crippen LogP contribution is 2.22. The minimum Gasteiger partial charge on any atom is -0.457 e. The minimum atomic E-state index is -0.250. The molecule has 0 aromatic heterocycles. The lowest BCUT2D eigenvalue weighted by Crippen LogP contribution is -2.48. The molecule has 2 amide bonds. The molecule has 204 valence electrons. The van der Waals surface area contributed by atoms with E-state index in [0.717, 1.165) is 39.3 Å². The molecule has 0 spiro atoms. The fraction of sp³-hybridized carbons (Fsp3) is 0.212. The molecule has 1 saturated heterocycles. The third-order valence-electron chi connectivity index (χ3n) is 6.91. The number of nitrogens with one attached hydrogen (secondary N) is 2. The van der Waals surface area contributed by atoms with Gasteiger partial charge in [-0.1, -0.05) is 54.6 Å². The number of carbonyl (C=O) groups excluding carboxylic acids is 2. The topological polar surface area (TPSA) is 73.9 Å². The lowest BCUT2D eigenvalue weighted by atomic mass is 10.1. The quantitative estimate of drug-likeness (QED) is 0.290. The zero-order chi connectivity index (χ0) is 27.6. The Morgan fingerprint density at radius 3 is 2.02 bits per heavy atom. The molecule has 0 saturated carbocycles. The van der Waals surface area contributed by atoms with Crippen LogP contribution >= 0.6 is 0 Å². The van der Waals surface area contributed by atoms with Crippen molar-refractivity contribution in [3.63, 3.8) is 0 Å². The van der Waals surface area contributed by atoms with Crippen LogP contribution in [-0.2, 0) is 6.54 Å². The standard InChI is InChI=1S/C33H34N4O3/c38-32(34-18-19-36-20-22-37(23-21-36)25-26-8-3-1-4-9-26)27-14-16-29(17-15-27)35-33(39)28-10-7-13-31(24-28)40-30-11-5-2-6-12-30/h1-17,24H,18-23,25H2,(H,34,38)(H,35,39). The van der Waals surface area contributed by atoms with Gasteiger partial charge in [-0.25, -0.2) is 0 Å². The van der Waals surface area contributed by atoms with Crippen LogP contribution in [0.5, 0.6) is 11.5 Å². The van der Waals surface area contributed by atoms with Crippen LogP contribution in [0.3, 0.4) is 0 Å². The molecule has 0 radical (unpaired) electrons. The summed E-state index contributed by atoms with van der Waals surface area (Å²) >= 11 is 0. The number of ether oxygens (including phenoxy) is 1. The van der Waals surface area contributed by atoms with Crippen molar-refractivity contribution in [3.8, 4) is 11.5 Å². The van der Waals surface area contributed by atoms with Crippen LogP contribution < -0.4 is 15.4 Å². The summed E-state index contributed by atoms with van der Waals surface area (Å²) in [5.41, 5.74) is 3.00. The van der Waals surface area contributed by atoms with E-state index in [1.807, 2.05) is 42.5 Å². The Morgan fingerprint density at radius 1 is 0.650 bits per heavy atom. The summed E-state index contributed by atoms with van der Waals surface area (Å²) in [6.45, 7) is 6.46. The zero-order valence-corrected chi connectivity index (χ0v) is 22.5. The molecule has 0 atom stereocenters. The molecular formula is C33H34N4O3. The van der Waals surface area contributed by atoms with Crippen molar-refractivity contribution in [1.29, 1.82) is 0 Å². The van der Waals surface area contributed by atoms with Gasteiger partial charge in [-0.2, -0.15) is 0 Å². The molecule has 1 aliphatic rings. The van der Waals surface area contributed by atoms with E-state index in [0.29, 0.717) is 34.9 Å². The summed E-state index contributed by atoms with van der Waals surface area (Å²) in [6.07, 6.45) is 0. The number of anilines is 1. The Labute approximate surface area is 235 Å². The second-order valence-electron chi connectivity index (χ2n) is 9.83. The molecule has 1 fully saturated rings. The number of carbonyl (C=O) groups is 2. The first kappa shape index (κ1) is 27.1. The van der Waals surface area contributed by atoms with Crippen molar-refractivity contribution in [3.05, 3.63) is 126 Å². The Bertz CT molecular complexity index is 1390. The Hall–Kier alpha value is -4.46. The highest BCUT2D eigenvalue weighted by atomic mass is 16.5. The molecule has 2 N–H and O–H groups in total. The van der Waals surface area contributed by atoms with E-state index in [9.17, 15) is 9.59 Å². The number of benzene rings is 4. The van der Waals surface area contributed by atoms with Gasteiger partial charge in [0.2, 0.25) is 0 Å². The molecule has 4 aromatic carbocycles. The van der Waals surface area contributed by atoms with Crippen molar-refractivity contribution >= 4 is 17.5 Å². The van der Waals surface area contributed by atoms with Gasteiger partial charge in [0.1, 0.15) is 11.5 Å². The lowest BCUT2D eigenvalue weighted by Gasteiger charge is -2.34. The van der Waals surface area contributed by atoms with Crippen LogP contribution in [0.2, 0.25) is 0 Å². The predicted molar refractivity (Wildman–Crippen MR) is 158 cm³/mol. The van der Waals surface area contributed by atoms with Gasteiger partial charge in [-0.05, 0) is 60.2 Å². The van der Waals surface area contributed by atoms with Gasteiger partial charge < -0.3 is 15.4 Å². The summed E-state index contributed by atoms with van der Waals surface area (Å²) < 4.78 is 5.83. The number of piperazine rings is 1. The summed E-state index contributed by atoms with van der Waals surface area (Å²) in [5, 5.41) is 5.90. The molecule has 0 unspecified atom stereocenters. The summed E-state index contributed by atoms with van der Waals surface area (Å²) in [7, 11) is 0. The Morgan fingerprint density at radius 2 is 1.30 bits per heavy atom. The van der Waals surface area contributed by atoms with E-state index in [2.05, 4.69) is 44.7 Å². The van der Waals surface area contributed by atoms with E-state index in [1.54, 1.807) is 42.5 Å². The van der Waals surface area contributed by atoms with Gasteiger partial charge in [0.25, 0.3) is 11.8 Å². The summed E-state index contributed by atoms with van der Waals surface area (Å²) in [4.78, 5) is 30.3. The average Bonchev–Trinajstić information content (AvgIpc) is 2.99. The Kier molecular flexibility index (Phi) is 9.19. The summed E-state index contributed by atoms with van der Waals surface area (Å²) in [5.74, 6) is 0.918. The van der Waals surface area contributed by atoms with Gasteiger partial charge in [0.15, 0.2) is 0 Å². The minimum absolute atomic E-state index is 0.119. The maximum absolute atomic E-state index is 12.8. The van der Waals surface area contributed by atoms with Gasteiger partial charge in [-0.15, -0.1) is 0 Å². The molecule has 40 heavy (non-hydrogen) atoms. The number of nitrogens with zero attached hydrogens (tertiary/aromatic N) is 2. The van der Waals surface area contributed by atoms with Gasteiger partial charge in [-0.3, -0.25) is 19.4 Å². The first-order chi connectivity index (χ1) is 19.6. The predicted octanol–water partition coefficient (Wildman–Crippen LogP) is 5.28. The SMILES string of the molecule is O=C(NCCN1CCN(Cc2ccccc2)CC1)c1ccc(NC(=O)c2cccc(Oc3ccccc3)c2)cc1. The number of hydrogen-bond acceptors (Lipinski definition) is 5. The molecule has 7 heteroatoms. The zero-order valence-electron chi connectivity index (χ0n) is 22.5. The van der Waals surface area contributed by atoms with E-state index in [1.165, 1.54) is 5.56 Å². The van der Waals surface area contributed by atoms with E-state index in [-0.39, 0.29) is 11.8 Å². The fourth-order valence-electron chi connectivity index (χ4n) is 4.68. The number of para-hydroxylation sites is 1. The normalized spacial score (nSPS) is 13.9. The van der Waals surface area contributed by atoms with E-state index >= 15 is 0 Å². The van der Waals surface area contributed by atoms with Gasteiger partial charge in [0, 0.05) is 62.6 Å². The highest BCUT2D eigenvalue weighted by molar-refractivity contribution is 6.04. The first-order valence-electron chi connectivity index (χ1n) is 13.6. The van der Waals surface area contributed by atoms with Crippen molar-refractivity contribution < 1.29 is 14.3 Å². The van der Waals surface area contributed by atoms with Crippen LogP contribution in [0.25, 0.3) is 0 Å². The van der Waals surface area contributed by atoms with Crippen LogP contribution in [0.15, 0.2) is 109 Å². The Balaban J connectivity index is 1.04. The van der Waals surface area contributed by atoms with Crippen molar-refractivity contribution in [2.24, 2.45) is 0 Å². The molecule has 5 rings (SSSR count). The molecular weight excluding hydrogens is 500 g/mol. The molecule has 4 aromatic rings. The maximum atomic E-state index is 12.8. The van der Waals surface area contributed by atoms with Crippen LogP contribution in [0, 0.1) is 0 Å². The number of amides is 2. The van der Waals surface area contributed by atoms with Crippen molar-refractivity contribution in [1.82, 2.24) is 15.1 Å². The molecule has 0 aliphatic carbocycles. The maximum Gasteiger partial charge on any atom is 0.255 e. The van der Waals surface area contributed by atoms with Gasteiger partial charge >= 0.3 is 0 Å². The average molecular weight is 535 g/mol. The van der Waals surface area contributed by atoms with E-state index < -0.39 is 0 Å². The van der Waals surface area contributed by atoms with Crippen LogP contribution in [-0.4, -0.2) is 60.9 Å². The van der Waals surface area contributed by atoms with E-state index in [4.69, 9.17) is 4.74 Å². The number of hydrogen-bond donors (Lipinski definition) is 2. The number of rotatable bonds is 10. The molecule has 1 heterocycles. The molecule has 1 aliphatic heterocycles. The van der Waals surface area contributed by atoms with Crippen LogP contribution in [0.4, 0.5) is 5.69 Å². The van der Waals surface area contributed by atoms with Gasteiger partial charge in [0.05, 0.1) is 0 Å². The third-order valence-corrected chi connectivity index (χ3v) is 6.91.